The molecule has 1 saturated carbocycles. The van der Waals surface area contributed by atoms with Crippen LogP contribution in [0.5, 0.6) is 0 Å². The fraction of sp³-hybridized carbons (Fsp3) is 0.538. The van der Waals surface area contributed by atoms with Gasteiger partial charge in [-0.25, -0.2) is 0 Å². The third-order valence-electron chi connectivity index (χ3n) is 3.43. The van der Waals surface area contributed by atoms with E-state index < -0.39 is 11.7 Å². The molecular weight excluding hydrogens is 202 g/mol. The highest BCUT2D eigenvalue weighted by Gasteiger charge is 2.36. The Morgan fingerprint density at radius 3 is 2.69 bits per heavy atom. The van der Waals surface area contributed by atoms with Gasteiger partial charge in [0.05, 0.1) is 11.7 Å². The first kappa shape index (κ1) is 11.6. The second-order valence-corrected chi connectivity index (χ2v) is 4.60. The van der Waals surface area contributed by atoms with Crippen molar-refractivity contribution in [3.05, 3.63) is 35.4 Å². The van der Waals surface area contributed by atoms with Crippen molar-refractivity contribution in [1.29, 1.82) is 0 Å². The van der Waals surface area contributed by atoms with E-state index in [4.69, 9.17) is 5.73 Å². The fourth-order valence-corrected chi connectivity index (χ4v) is 2.16. The Morgan fingerprint density at radius 1 is 1.38 bits per heavy atom. The molecule has 0 spiro atoms. The molecule has 2 rings (SSSR count). The second kappa shape index (κ2) is 4.53. The lowest BCUT2D eigenvalue weighted by atomic mass is 9.74. The number of hydrogen-bond acceptors (Lipinski definition) is 3. The summed E-state index contributed by atoms with van der Waals surface area (Å²) in [5, 5.41) is 20.1. The van der Waals surface area contributed by atoms with Crippen LogP contribution in [0.2, 0.25) is 0 Å². The smallest absolute Gasteiger partial charge is 0.0896 e. The van der Waals surface area contributed by atoms with Crippen molar-refractivity contribution in [3.63, 3.8) is 0 Å². The van der Waals surface area contributed by atoms with E-state index in [9.17, 15) is 10.2 Å². The Hall–Kier alpha value is -0.900. The molecule has 88 valence electrons. The van der Waals surface area contributed by atoms with Gasteiger partial charge < -0.3 is 15.9 Å². The molecule has 1 aliphatic carbocycles. The summed E-state index contributed by atoms with van der Waals surface area (Å²) in [5.41, 5.74) is 6.54. The van der Waals surface area contributed by atoms with E-state index in [0.717, 1.165) is 30.4 Å². The lowest BCUT2D eigenvalue weighted by molar-refractivity contribution is -0.0389. The van der Waals surface area contributed by atoms with Crippen molar-refractivity contribution in [1.82, 2.24) is 0 Å². The lowest BCUT2D eigenvalue weighted by Crippen LogP contribution is -2.33. The van der Waals surface area contributed by atoms with E-state index in [1.54, 1.807) is 0 Å². The highest BCUT2D eigenvalue weighted by Crippen LogP contribution is 2.41. The minimum atomic E-state index is -0.654. The first-order valence-corrected chi connectivity index (χ1v) is 5.87. The van der Waals surface area contributed by atoms with Crippen molar-refractivity contribution in [2.75, 3.05) is 6.54 Å². The van der Waals surface area contributed by atoms with Gasteiger partial charge in [0.1, 0.15) is 0 Å². The molecule has 1 atom stereocenters. The van der Waals surface area contributed by atoms with Crippen molar-refractivity contribution in [3.8, 4) is 0 Å². The van der Waals surface area contributed by atoms with Crippen LogP contribution in [0.15, 0.2) is 24.3 Å². The predicted octanol–water partition coefficient (Wildman–Crippen LogP) is 1.44. The van der Waals surface area contributed by atoms with Crippen LogP contribution >= 0.6 is 0 Å². The van der Waals surface area contributed by atoms with E-state index >= 15 is 0 Å². The summed E-state index contributed by atoms with van der Waals surface area (Å²) in [4.78, 5) is 0. The molecule has 1 fully saturated rings. The molecule has 1 aromatic carbocycles. The van der Waals surface area contributed by atoms with Gasteiger partial charge in [0.2, 0.25) is 0 Å². The van der Waals surface area contributed by atoms with E-state index in [0.29, 0.717) is 13.0 Å². The fourth-order valence-electron chi connectivity index (χ4n) is 2.16. The highest BCUT2D eigenvalue weighted by atomic mass is 16.3. The maximum atomic E-state index is 10.2. The Balaban J connectivity index is 2.19. The van der Waals surface area contributed by atoms with Crippen molar-refractivity contribution in [2.24, 2.45) is 5.73 Å². The molecule has 1 aromatic rings. The number of nitrogens with two attached hydrogens (primary N) is 1. The van der Waals surface area contributed by atoms with Crippen LogP contribution < -0.4 is 5.73 Å². The summed E-state index contributed by atoms with van der Waals surface area (Å²) < 4.78 is 0. The van der Waals surface area contributed by atoms with Crippen molar-refractivity contribution >= 4 is 0 Å². The van der Waals surface area contributed by atoms with Gasteiger partial charge in [0, 0.05) is 0 Å². The second-order valence-electron chi connectivity index (χ2n) is 4.60. The standard InChI is InChI=1S/C13H19NO2/c14-8-5-12(15)10-3-1-4-11(9-10)13(16)6-2-7-13/h1,3-4,9,12,15-16H,2,5-8,14H2. The molecule has 0 heterocycles. The van der Waals surface area contributed by atoms with E-state index in [2.05, 4.69) is 0 Å². The SMILES string of the molecule is NCCC(O)c1cccc(C2(O)CCC2)c1. The minimum Gasteiger partial charge on any atom is -0.388 e. The molecular formula is C13H19NO2. The summed E-state index contributed by atoms with van der Waals surface area (Å²) in [6, 6.07) is 7.60. The van der Waals surface area contributed by atoms with Gasteiger partial charge in [-0.3, -0.25) is 0 Å². The van der Waals surface area contributed by atoms with Crippen LogP contribution in [0, 0.1) is 0 Å². The lowest BCUT2D eigenvalue weighted by Gasteiger charge is -2.37. The van der Waals surface area contributed by atoms with E-state index in [1.807, 2.05) is 24.3 Å². The largest absolute Gasteiger partial charge is 0.388 e. The number of rotatable bonds is 4. The van der Waals surface area contributed by atoms with Gasteiger partial charge in [0.15, 0.2) is 0 Å². The van der Waals surface area contributed by atoms with Gasteiger partial charge in [-0.1, -0.05) is 24.3 Å². The number of benzene rings is 1. The van der Waals surface area contributed by atoms with Crippen LogP contribution in [0.25, 0.3) is 0 Å². The molecule has 0 radical (unpaired) electrons. The Morgan fingerprint density at radius 2 is 2.12 bits per heavy atom. The predicted molar refractivity (Wildman–Crippen MR) is 62.8 cm³/mol. The summed E-state index contributed by atoms with van der Waals surface area (Å²) in [6.45, 7) is 0.468. The topological polar surface area (TPSA) is 66.5 Å². The van der Waals surface area contributed by atoms with Crippen LogP contribution in [0.3, 0.4) is 0 Å². The summed E-state index contributed by atoms with van der Waals surface area (Å²) in [6.07, 6.45) is 2.76. The Bertz CT molecular complexity index is 361. The molecule has 16 heavy (non-hydrogen) atoms. The molecule has 1 unspecified atom stereocenters. The van der Waals surface area contributed by atoms with Crippen molar-refractivity contribution < 1.29 is 10.2 Å². The third kappa shape index (κ3) is 2.12. The zero-order valence-electron chi connectivity index (χ0n) is 9.39. The first-order valence-electron chi connectivity index (χ1n) is 5.87. The zero-order valence-corrected chi connectivity index (χ0v) is 9.39. The molecule has 1 aliphatic rings. The average Bonchev–Trinajstić information content (AvgIpc) is 2.26. The van der Waals surface area contributed by atoms with Crippen molar-refractivity contribution in [2.45, 2.75) is 37.4 Å². The van der Waals surface area contributed by atoms with Gasteiger partial charge in [-0.05, 0) is 43.4 Å². The highest BCUT2D eigenvalue weighted by molar-refractivity contribution is 5.30. The summed E-state index contributed by atoms with van der Waals surface area (Å²) in [7, 11) is 0. The molecule has 0 amide bonds. The van der Waals surface area contributed by atoms with Crippen LogP contribution in [-0.2, 0) is 5.60 Å². The van der Waals surface area contributed by atoms with E-state index in [-0.39, 0.29) is 0 Å². The van der Waals surface area contributed by atoms with Crippen LogP contribution in [-0.4, -0.2) is 16.8 Å². The monoisotopic (exact) mass is 221 g/mol. The molecule has 0 bridgehead atoms. The zero-order chi connectivity index (χ0) is 11.6. The Labute approximate surface area is 95.9 Å². The Kier molecular flexibility index (Phi) is 3.28. The molecule has 0 saturated heterocycles. The van der Waals surface area contributed by atoms with E-state index in [1.165, 1.54) is 0 Å². The summed E-state index contributed by atoms with van der Waals surface area (Å²) in [5.74, 6) is 0. The molecule has 3 nitrogen and oxygen atoms in total. The molecule has 4 N–H and O–H groups in total. The van der Waals surface area contributed by atoms with Gasteiger partial charge in [-0.15, -0.1) is 0 Å². The molecule has 3 heteroatoms. The normalized spacial score (nSPS) is 20.2. The average molecular weight is 221 g/mol. The number of aliphatic hydroxyl groups excluding tert-OH is 1. The molecule has 0 aromatic heterocycles. The summed E-state index contributed by atoms with van der Waals surface area (Å²) >= 11 is 0. The maximum Gasteiger partial charge on any atom is 0.0896 e. The maximum absolute atomic E-state index is 10.2. The van der Waals surface area contributed by atoms with Gasteiger partial charge >= 0.3 is 0 Å². The van der Waals surface area contributed by atoms with Gasteiger partial charge in [-0.2, -0.15) is 0 Å². The number of hydrogen-bond donors (Lipinski definition) is 3. The number of aliphatic hydroxyl groups is 2. The third-order valence-corrected chi connectivity index (χ3v) is 3.43. The minimum absolute atomic E-state index is 0.468. The molecule has 0 aliphatic heterocycles. The van der Waals surface area contributed by atoms with Crippen LogP contribution in [0.4, 0.5) is 0 Å². The first-order chi connectivity index (χ1) is 7.65. The quantitative estimate of drug-likeness (QED) is 0.720. The van der Waals surface area contributed by atoms with Crippen LogP contribution in [0.1, 0.15) is 42.9 Å². The van der Waals surface area contributed by atoms with Gasteiger partial charge in [0.25, 0.3) is 0 Å².